The van der Waals surface area contributed by atoms with Gasteiger partial charge in [-0.15, -0.1) is 0 Å². The number of hydrogen-bond donors (Lipinski definition) is 4. The Labute approximate surface area is 145 Å². The Morgan fingerprint density at radius 1 is 0.880 bits per heavy atom. The molecule has 0 saturated heterocycles. The van der Waals surface area contributed by atoms with Gasteiger partial charge in [-0.2, -0.15) is 0 Å². The molecule has 2 atom stereocenters. The molecule has 0 bridgehead atoms. The average molecular weight is 343 g/mol. The van der Waals surface area contributed by atoms with Gasteiger partial charge < -0.3 is 27.0 Å². The van der Waals surface area contributed by atoms with Crippen LogP contribution in [0.5, 0.6) is 5.75 Å². The number of carboxylic acid groups (broad SMARTS) is 1. The number of hydrogen-bond acceptors (Lipinski definition) is 6. The van der Waals surface area contributed by atoms with Gasteiger partial charge in [0.15, 0.2) is 0 Å². The first-order valence-electron chi connectivity index (χ1n) is 7.74. The predicted octanol–water partition coefficient (Wildman–Crippen LogP) is 0.699. The lowest BCUT2D eigenvalue weighted by atomic mass is 10.1. The van der Waals surface area contributed by atoms with Crippen LogP contribution in [0.1, 0.15) is 11.1 Å². The van der Waals surface area contributed by atoms with E-state index in [1.54, 1.807) is 36.4 Å². The fraction of sp³-hybridized carbons (Fsp3) is 0.222. The van der Waals surface area contributed by atoms with Crippen LogP contribution in [-0.2, 0) is 22.4 Å². The third kappa shape index (κ3) is 5.59. The number of rotatable bonds is 7. The van der Waals surface area contributed by atoms with Crippen LogP contribution in [0.2, 0.25) is 0 Å². The molecule has 7 heteroatoms. The maximum absolute atomic E-state index is 12.1. The summed E-state index contributed by atoms with van der Waals surface area (Å²) in [5.74, 6) is -1.28. The van der Waals surface area contributed by atoms with Gasteiger partial charge >= 0.3 is 11.9 Å². The van der Waals surface area contributed by atoms with Crippen molar-refractivity contribution < 1.29 is 19.4 Å². The number of carbonyl (C=O) groups is 2. The minimum Gasteiger partial charge on any atom is -0.480 e. The van der Waals surface area contributed by atoms with E-state index in [-0.39, 0.29) is 6.42 Å². The molecular formula is C18H21N3O4. The zero-order valence-electron chi connectivity index (χ0n) is 13.6. The molecule has 0 aliphatic heterocycles. The summed E-state index contributed by atoms with van der Waals surface area (Å²) in [7, 11) is 0. The SMILES string of the molecule is Nc1ccc(C[C@H](N)C(=O)Oc2ccc(C[C@H](N)C(=O)O)cc2)cc1. The molecule has 0 aliphatic rings. The van der Waals surface area contributed by atoms with E-state index in [0.29, 0.717) is 17.9 Å². The molecule has 132 valence electrons. The van der Waals surface area contributed by atoms with E-state index >= 15 is 0 Å². The molecule has 2 aromatic rings. The Morgan fingerprint density at radius 2 is 1.36 bits per heavy atom. The van der Waals surface area contributed by atoms with Gasteiger partial charge in [0, 0.05) is 5.69 Å². The van der Waals surface area contributed by atoms with Crippen LogP contribution in [0.25, 0.3) is 0 Å². The first-order valence-corrected chi connectivity index (χ1v) is 7.74. The number of aliphatic carboxylic acids is 1. The number of ether oxygens (including phenoxy) is 1. The Balaban J connectivity index is 1.91. The highest BCUT2D eigenvalue weighted by Crippen LogP contribution is 2.15. The molecule has 0 fully saturated rings. The summed E-state index contributed by atoms with van der Waals surface area (Å²) in [5.41, 5.74) is 19.2. The molecule has 0 heterocycles. The molecule has 0 aliphatic carbocycles. The lowest BCUT2D eigenvalue weighted by molar-refractivity contribution is -0.138. The van der Waals surface area contributed by atoms with Crippen LogP contribution in [-0.4, -0.2) is 29.1 Å². The molecule has 0 saturated carbocycles. The maximum Gasteiger partial charge on any atom is 0.328 e. The third-order valence-electron chi connectivity index (χ3n) is 3.65. The van der Waals surface area contributed by atoms with Crippen molar-refractivity contribution in [1.29, 1.82) is 0 Å². The molecule has 0 amide bonds. The fourth-order valence-electron chi connectivity index (χ4n) is 2.22. The molecule has 0 aromatic heterocycles. The summed E-state index contributed by atoms with van der Waals surface area (Å²) >= 11 is 0. The molecule has 25 heavy (non-hydrogen) atoms. The number of benzene rings is 2. The van der Waals surface area contributed by atoms with Crippen molar-refractivity contribution in [3.63, 3.8) is 0 Å². The number of carboxylic acids is 1. The number of anilines is 1. The minimum absolute atomic E-state index is 0.195. The maximum atomic E-state index is 12.1. The van der Waals surface area contributed by atoms with E-state index in [9.17, 15) is 9.59 Å². The summed E-state index contributed by atoms with van der Waals surface area (Å²) in [6, 6.07) is 11.8. The van der Waals surface area contributed by atoms with E-state index in [1.807, 2.05) is 12.1 Å². The Bertz CT molecular complexity index is 729. The van der Waals surface area contributed by atoms with Gasteiger partial charge in [-0.1, -0.05) is 24.3 Å². The second-order valence-electron chi connectivity index (χ2n) is 5.77. The summed E-state index contributed by atoms with van der Waals surface area (Å²) in [5, 5.41) is 8.80. The van der Waals surface area contributed by atoms with E-state index < -0.39 is 24.0 Å². The van der Waals surface area contributed by atoms with Crippen LogP contribution >= 0.6 is 0 Å². The lowest BCUT2D eigenvalue weighted by Gasteiger charge is -2.12. The second kappa shape index (κ2) is 8.27. The summed E-state index contributed by atoms with van der Waals surface area (Å²) < 4.78 is 5.24. The van der Waals surface area contributed by atoms with Crippen molar-refractivity contribution in [2.24, 2.45) is 11.5 Å². The topological polar surface area (TPSA) is 142 Å². The number of carbonyl (C=O) groups excluding carboxylic acids is 1. The van der Waals surface area contributed by atoms with E-state index in [0.717, 1.165) is 11.1 Å². The van der Waals surface area contributed by atoms with Crippen molar-refractivity contribution in [1.82, 2.24) is 0 Å². The summed E-state index contributed by atoms with van der Waals surface area (Å²) in [6.45, 7) is 0. The van der Waals surface area contributed by atoms with Crippen molar-refractivity contribution >= 4 is 17.6 Å². The van der Waals surface area contributed by atoms with Gasteiger partial charge in [0.05, 0.1) is 0 Å². The van der Waals surface area contributed by atoms with Crippen molar-refractivity contribution in [2.75, 3.05) is 5.73 Å². The molecule has 0 unspecified atom stereocenters. The van der Waals surface area contributed by atoms with Gasteiger partial charge in [-0.3, -0.25) is 4.79 Å². The zero-order chi connectivity index (χ0) is 18.4. The number of esters is 1. The molecule has 0 radical (unpaired) electrons. The molecular weight excluding hydrogens is 322 g/mol. The average Bonchev–Trinajstić information content (AvgIpc) is 2.58. The molecule has 2 aromatic carbocycles. The Morgan fingerprint density at radius 3 is 1.88 bits per heavy atom. The van der Waals surface area contributed by atoms with Gasteiger partial charge in [0.2, 0.25) is 0 Å². The van der Waals surface area contributed by atoms with Gasteiger partial charge in [-0.05, 0) is 48.2 Å². The lowest BCUT2D eigenvalue weighted by Crippen LogP contribution is -2.36. The van der Waals surface area contributed by atoms with E-state index in [1.165, 1.54) is 0 Å². The van der Waals surface area contributed by atoms with Crippen molar-refractivity contribution in [2.45, 2.75) is 24.9 Å². The normalized spacial score (nSPS) is 13.0. The predicted molar refractivity (Wildman–Crippen MR) is 93.9 cm³/mol. The number of nitrogens with two attached hydrogens (primary N) is 3. The van der Waals surface area contributed by atoms with Crippen LogP contribution in [0.3, 0.4) is 0 Å². The van der Waals surface area contributed by atoms with Crippen molar-refractivity contribution in [3.8, 4) is 5.75 Å². The van der Waals surface area contributed by atoms with E-state index in [4.69, 9.17) is 27.0 Å². The first-order chi connectivity index (χ1) is 11.8. The van der Waals surface area contributed by atoms with Gasteiger partial charge in [0.1, 0.15) is 17.8 Å². The molecule has 0 spiro atoms. The molecule has 2 rings (SSSR count). The van der Waals surface area contributed by atoms with Crippen molar-refractivity contribution in [3.05, 3.63) is 59.7 Å². The first kappa shape index (κ1) is 18.4. The zero-order valence-corrected chi connectivity index (χ0v) is 13.6. The summed E-state index contributed by atoms with van der Waals surface area (Å²) in [6.07, 6.45) is 0.533. The highest BCUT2D eigenvalue weighted by molar-refractivity contribution is 5.78. The fourth-order valence-corrected chi connectivity index (χ4v) is 2.22. The highest BCUT2D eigenvalue weighted by atomic mass is 16.5. The van der Waals surface area contributed by atoms with E-state index in [2.05, 4.69) is 0 Å². The number of nitrogen functional groups attached to an aromatic ring is 1. The van der Waals surface area contributed by atoms with Gasteiger partial charge in [0.25, 0.3) is 0 Å². The van der Waals surface area contributed by atoms with Crippen LogP contribution in [0, 0.1) is 0 Å². The van der Waals surface area contributed by atoms with Crippen LogP contribution in [0.15, 0.2) is 48.5 Å². The Kier molecular flexibility index (Phi) is 6.10. The summed E-state index contributed by atoms with van der Waals surface area (Å²) in [4.78, 5) is 22.8. The minimum atomic E-state index is -1.07. The monoisotopic (exact) mass is 343 g/mol. The third-order valence-corrected chi connectivity index (χ3v) is 3.65. The quantitative estimate of drug-likeness (QED) is 0.329. The standard InChI is InChI=1S/C18H21N3O4/c19-13-5-1-11(2-6-13)10-16(21)18(24)25-14-7-3-12(4-8-14)9-15(20)17(22)23/h1-8,15-16H,9-10,19-21H2,(H,22,23)/t15-,16-/m0/s1. The van der Waals surface area contributed by atoms with Crippen LogP contribution < -0.4 is 21.9 Å². The molecule has 7 N–H and O–H groups in total. The molecule has 7 nitrogen and oxygen atoms in total. The second-order valence-corrected chi connectivity index (χ2v) is 5.77. The highest BCUT2D eigenvalue weighted by Gasteiger charge is 2.17. The van der Waals surface area contributed by atoms with Crippen LogP contribution in [0.4, 0.5) is 5.69 Å². The largest absolute Gasteiger partial charge is 0.480 e. The van der Waals surface area contributed by atoms with Gasteiger partial charge in [-0.25, -0.2) is 4.79 Å². The Hall–Kier alpha value is -2.90. The smallest absolute Gasteiger partial charge is 0.328 e.